The first-order valence-electron chi connectivity index (χ1n) is 8.00. The molecule has 1 N–H and O–H groups in total. The normalized spacial score (nSPS) is 16.5. The first-order valence-corrected chi connectivity index (χ1v) is 8.38. The number of halogens is 1. The number of fused-ring (bicyclic) bond motifs is 1. The van der Waals surface area contributed by atoms with E-state index in [0.29, 0.717) is 5.92 Å². The van der Waals surface area contributed by atoms with Crippen molar-refractivity contribution in [3.8, 4) is 11.1 Å². The van der Waals surface area contributed by atoms with Crippen molar-refractivity contribution < 1.29 is 0 Å². The van der Waals surface area contributed by atoms with Crippen LogP contribution in [-0.2, 0) is 0 Å². The van der Waals surface area contributed by atoms with E-state index in [-0.39, 0.29) is 0 Å². The van der Waals surface area contributed by atoms with E-state index in [2.05, 4.69) is 66.0 Å². The molecular weight excluding hydrogens is 302 g/mol. The van der Waals surface area contributed by atoms with Gasteiger partial charge in [-0.1, -0.05) is 72.3 Å². The molecule has 0 saturated carbocycles. The summed E-state index contributed by atoms with van der Waals surface area (Å²) in [5.41, 5.74) is 6.40. The summed E-state index contributed by atoms with van der Waals surface area (Å²) in [4.78, 5) is 0. The van der Waals surface area contributed by atoms with Crippen LogP contribution in [0.25, 0.3) is 11.1 Å². The zero-order valence-corrected chi connectivity index (χ0v) is 13.6. The number of anilines is 1. The van der Waals surface area contributed by atoms with Gasteiger partial charge in [-0.05, 0) is 40.8 Å². The van der Waals surface area contributed by atoms with Crippen LogP contribution < -0.4 is 5.32 Å². The summed E-state index contributed by atoms with van der Waals surface area (Å²) in [6.45, 7) is 0.985. The highest BCUT2D eigenvalue weighted by Gasteiger charge is 2.21. The second-order valence-corrected chi connectivity index (χ2v) is 6.42. The lowest BCUT2D eigenvalue weighted by Gasteiger charge is -2.27. The van der Waals surface area contributed by atoms with Crippen LogP contribution in [0.5, 0.6) is 0 Å². The van der Waals surface area contributed by atoms with Gasteiger partial charge in [0, 0.05) is 23.2 Å². The van der Waals surface area contributed by atoms with E-state index in [4.69, 9.17) is 11.6 Å². The molecular formula is C21H18ClN. The second kappa shape index (κ2) is 6.10. The molecule has 3 aromatic carbocycles. The van der Waals surface area contributed by atoms with Crippen molar-refractivity contribution in [3.05, 3.63) is 88.9 Å². The van der Waals surface area contributed by atoms with Crippen molar-refractivity contribution in [2.45, 2.75) is 12.3 Å². The Labute approximate surface area is 141 Å². The predicted octanol–water partition coefficient (Wildman–Crippen LogP) is 5.95. The van der Waals surface area contributed by atoms with Gasteiger partial charge in [-0.3, -0.25) is 0 Å². The Kier molecular flexibility index (Phi) is 3.80. The Hall–Kier alpha value is -2.25. The Balaban J connectivity index is 1.67. The van der Waals surface area contributed by atoms with Crippen LogP contribution in [0.3, 0.4) is 0 Å². The smallest absolute Gasteiger partial charge is 0.0426 e. The van der Waals surface area contributed by atoms with E-state index in [0.717, 1.165) is 18.0 Å². The molecule has 0 aliphatic carbocycles. The van der Waals surface area contributed by atoms with Crippen molar-refractivity contribution in [2.24, 2.45) is 0 Å². The first-order chi connectivity index (χ1) is 11.3. The highest BCUT2D eigenvalue weighted by Crippen LogP contribution is 2.38. The molecule has 1 nitrogen and oxygen atoms in total. The molecule has 1 aliphatic heterocycles. The summed E-state index contributed by atoms with van der Waals surface area (Å²) >= 11 is 6.12. The largest absolute Gasteiger partial charge is 0.385 e. The maximum absolute atomic E-state index is 6.12. The SMILES string of the molecule is Clc1ccc2c(c1)NCC[C@@H]2c1ccc(-c2ccccc2)cc1. The summed E-state index contributed by atoms with van der Waals surface area (Å²) in [7, 11) is 0. The second-order valence-electron chi connectivity index (χ2n) is 5.99. The zero-order valence-electron chi connectivity index (χ0n) is 12.8. The van der Waals surface area contributed by atoms with Gasteiger partial charge in [0.1, 0.15) is 0 Å². The fraction of sp³-hybridized carbons (Fsp3) is 0.143. The van der Waals surface area contributed by atoms with E-state index in [1.807, 2.05) is 12.1 Å². The van der Waals surface area contributed by atoms with Gasteiger partial charge in [0.2, 0.25) is 0 Å². The number of benzene rings is 3. The summed E-state index contributed by atoms with van der Waals surface area (Å²) in [6.07, 6.45) is 1.11. The fourth-order valence-electron chi connectivity index (χ4n) is 3.38. The van der Waals surface area contributed by atoms with Crippen LogP contribution in [-0.4, -0.2) is 6.54 Å². The molecule has 0 unspecified atom stereocenters. The quantitative estimate of drug-likeness (QED) is 0.615. The monoisotopic (exact) mass is 319 g/mol. The molecule has 23 heavy (non-hydrogen) atoms. The van der Waals surface area contributed by atoms with Gasteiger partial charge in [-0.25, -0.2) is 0 Å². The summed E-state index contributed by atoms with van der Waals surface area (Å²) < 4.78 is 0. The van der Waals surface area contributed by atoms with Crippen molar-refractivity contribution in [1.29, 1.82) is 0 Å². The van der Waals surface area contributed by atoms with E-state index in [1.165, 1.54) is 27.9 Å². The van der Waals surface area contributed by atoms with Gasteiger partial charge < -0.3 is 5.32 Å². The van der Waals surface area contributed by atoms with Gasteiger partial charge in [-0.2, -0.15) is 0 Å². The van der Waals surface area contributed by atoms with Crippen LogP contribution >= 0.6 is 11.6 Å². The average Bonchev–Trinajstić information content (AvgIpc) is 2.62. The lowest BCUT2D eigenvalue weighted by molar-refractivity contribution is 0.720. The Bertz CT molecular complexity index is 809. The van der Waals surface area contributed by atoms with Crippen molar-refractivity contribution in [3.63, 3.8) is 0 Å². The molecule has 0 radical (unpaired) electrons. The minimum atomic E-state index is 0.438. The Morgan fingerprint density at radius 3 is 2.35 bits per heavy atom. The van der Waals surface area contributed by atoms with Crippen LogP contribution in [0.4, 0.5) is 5.69 Å². The van der Waals surface area contributed by atoms with Gasteiger partial charge in [-0.15, -0.1) is 0 Å². The molecule has 0 spiro atoms. The van der Waals surface area contributed by atoms with Crippen LogP contribution in [0.1, 0.15) is 23.5 Å². The lowest BCUT2D eigenvalue weighted by Crippen LogP contribution is -2.17. The van der Waals surface area contributed by atoms with Crippen LogP contribution in [0, 0.1) is 0 Å². The van der Waals surface area contributed by atoms with Crippen LogP contribution in [0.2, 0.25) is 5.02 Å². The number of hydrogen-bond donors (Lipinski definition) is 1. The highest BCUT2D eigenvalue weighted by molar-refractivity contribution is 6.30. The van der Waals surface area contributed by atoms with E-state index in [1.54, 1.807) is 0 Å². The minimum absolute atomic E-state index is 0.438. The van der Waals surface area contributed by atoms with Crippen molar-refractivity contribution in [2.75, 3.05) is 11.9 Å². The maximum Gasteiger partial charge on any atom is 0.0426 e. The third-order valence-electron chi connectivity index (χ3n) is 4.56. The highest BCUT2D eigenvalue weighted by atomic mass is 35.5. The summed E-state index contributed by atoms with van der Waals surface area (Å²) in [5, 5.41) is 4.24. The molecule has 1 heterocycles. The van der Waals surface area contributed by atoms with Crippen LogP contribution in [0.15, 0.2) is 72.8 Å². The summed E-state index contributed by atoms with van der Waals surface area (Å²) in [6, 6.07) is 25.6. The Morgan fingerprint density at radius 1 is 0.826 bits per heavy atom. The molecule has 0 bridgehead atoms. The first kappa shape index (κ1) is 14.3. The standard InChI is InChI=1S/C21H18ClN/c22-18-10-11-20-19(12-13-23-21(20)14-18)17-8-6-16(7-9-17)15-4-2-1-3-5-15/h1-11,14,19,23H,12-13H2/t19-/m1/s1. The van der Waals surface area contributed by atoms with Crippen molar-refractivity contribution >= 4 is 17.3 Å². The fourth-order valence-corrected chi connectivity index (χ4v) is 3.55. The molecule has 1 aliphatic rings. The molecule has 0 saturated heterocycles. The van der Waals surface area contributed by atoms with Gasteiger partial charge in [0.05, 0.1) is 0 Å². The van der Waals surface area contributed by atoms with Gasteiger partial charge in [0.15, 0.2) is 0 Å². The summed E-state index contributed by atoms with van der Waals surface area (Å²) in [5.74, 6) is 0.438. The number of hydrogen-bond acceptors (Lipinski definition) is 1. The third-order valence-corrected chi connectivity index (χ3v) is 4.79. The number of nitrogens with one attached hydrogen (secondary N) is 1. The zero-order chi connectivity index (χ0) is 15.6. The van der Waals surface area contributed by atoms with Gasteiger partial charge in [0.25, 0.3) is 0 Å². The molecule has 4 rings (SSSR count). The minimum Gasteiger partial charge on any atom is -0.385 e. The molecule has 2 heteroatoms. The lowest BCUT2D eigenvalue weighted by atomic mass is 9.84. The molecule has 3 aromatic rings. The molecule has 0 aromatic heterocycles. The van der Waals surface area contributed by atoms with E-state index < -0.39 is 0 Å². The molecule has 114 valence electrons. The van der Waals surface area contributed by atoms with E-state index >= 15 is 0 Å². The number of rotatable bonds is 2. The van der Waals surface area contributed by atoms with E-state index in [9.17, 15) is 0 Å². The average molecular weight is 320 g/mol. The molecule has 1 atom stereocenters. The van der Waals surface area contributed by atoms with Crippen molar-refractivity contribution in [1.82, 2.24) is 0 Å². The molecule has 0 amide bonds. The van der Waals surface area contributed by atoms with Gasteiger partial charge >= 0.3 is 0 Å². The Morgan fingerprint density at radius 2 is 1.57 bits per heavy atom. The predicted molar refractivity (Wildman–Crippen MR) is 98.3 cm³/mol. The topological polar surface area (TPSA) is 12.0 Å². The third kappa shape index (κ3) is 2.85. The maximum atomic E-state index is 6.12. The molecule has 0 fully saturated rings.